The predicted molar refractivity (Wildman–Crippen MR) is 77.8 cm³/mol. The molecule has 20 heavy (non-hydrogen) atoms. The summed E-state index contributed by atoms with van der Waals surface area (Å²) in [5.74, 6) is 0.0139. The Hall–Kier alpha value is -1.56. The number of nitrogens with one attached hydrogen (secondary N) is 1. The lowest BCUT2D eigenvalue weighted by molar-refractivity contribution is 0.580. The Bertz CT molecular complexity index is 612. The Morgan fingerprint density at radius 1 is 1.15 bits per heavy atom. The maximum atomic E-state index is 13.2. The van der Waals surface area contributed by atoms with Crippen LogP contribution in [0.2, 0.25) is 0 Å². The van der Waals surface area contributed by atoms with E-state index in [4.69, 9.17) is 0 Å². The van der Waals surface area contributed by atoms with Gasteiger partial charge in [-0.2, -0.15) is 0 Å². The fraction of sp³-hybridized carbons (Fsp3) is 0.286. The molecule has 0 saturated carbocycles. The highest BCUT2D eigenvalue weighted by molar-refractivity contribution is 9.10. The topological polar surface area (TPSA) is 37.8 Å². The molecule has 1 heterocycles. The van der Waals surface area contributed by atoms with Gasteiger partial charge in [-0.15, -0.1) is 0 Å². The minimum absolute atomic E-state index is 0.279. The molecule has 0 spiro atoms. The first kappa shape index (κ1) is 14.8. The van der Waals surface area contributed by atoms with Gasteiger partial charge in [0, 0.05) is 19.0 Å². The Balaban J connectivity index is 2.33. The monoisotopic (exact) mass is 341 g/mol. The molecule has 0 amide bonds. The minimum Gasteiger partial charge on any atom is -0.369 e. The van der Waals surface area contributed by atoms with Crippen LogP contribution in [0.25, 0.3) is 0 Å². The first-order valence-electron chi connectivity index (χ1n) is 6.21. The fourth-order valence-corrected chi connectivity index (χ4v) is 2.19. The van der Waals surface area contributed by atoms with E-state index in [-0.39, 0.29) is 6.42 Å². The van der Waals surface area contributed by atoms with Crippen LogP contribution in [-0.4, -0.2) is 16.5 Å². The fourth-order valence-electron chi connectivity index (χ4n) is 1.88. The Kier molecular flexibility index (Phi) is 4.65. The van der Waals surface area contributed by atoms with Crippen molar-refractivity contribution in [3.05, 3.63) is 51.4 Å². The molecule has 0 bridgehead atoms. The summed E-state index contributed by atoms with van der Waals surface area (Å²) in [5.41, 5.74) is 1.29. The van der Waals surface area contributed by atoms with Gasteiger partial charge in [0.2, 0.25) is 0 Å². The van der Waals surface area contributed by atoms with Crippen LogP contribution in [0.15, 0.2) is 22.7 Å². The largest absolute Gasteiger partial charge is 0.369 e. The lowest BCUT2D eigenvalue weighted by Crippen LogP contribution is -2.07. The van der Waals surface area contributed by atoms with E-state index in [1.165, 1.54) is 12.1 Å². The second-order valence-corrected chi connectivity index (χ2v) is 5.17. The summed E-state index contributed by atoms with van der Waals surface area (Å²) >= 11 is 3.42. The molecule has 0 atom stereocenters. The van der Waals surface area contributed by atoms with Crippen molar-refractivity contribution < 1.29 is 8.78 Å². The molecule has 1 aromatic heterocycles. The molecule has 0 fully saturated rings. The molecule has 106 valence electrons. The third kappa shape index (κ3) is 3.50. The highest BCUT2D eigenvalue weighted by atomic mass is 79.9. The van der Waals surface area contributed by atoms with Gasteiger partial charge in [0.25, 0.3) is 0 Å². The van der Waals surface area contributed by atoms with E-state index in [0.29, 0.717) is 17.2 Å². The molecule has 3 nitrogen and oxygen atoms in total. The third-order valence-corrected chi connectivity index (χ3v) is 3.64. The van der Waals surface area contributed by atoms with Crippen molar-refractivity contribution in [3.63, 3.8) is 0 Å². The van der Waals surface area contributed by atoms with Crippen LogP contribution in [0.5, 0.6) is 0 Å². The first-order chi connectivity index (χ1) is 9.49. The van der Waals surface area contributed by atoms with Gasteiger partial charge in [0.15, 0.2) is 0 Å². The number of halogens is 3. The van der Waals surface area contributed by atoms with E-state index in [1.807, 2.05) is 13.8 Å². The number of aromatic nitrogens is 2. The van der Waals surface area contributed by atoms with Crippen LogP contribution >= 0.6 is 15.9 Å². The first-order valence-corrected chi connectivity index (χ1v) is 7.00. The normalized spacial score (nSPS) is 10.7. The molecule has 0 aliphatic rings. The zero-order valence-electron chi connectivity index (χ0n) is 11.2. The summed E-state index contributed by atoms with van der Waals surface area (Å²) in [6.07, 6.45) is 0.279. The van der Waals surface area contributed by atoms with Crippen molar-refractivity contribution >= 4 is 21.7 Å². The molecular weight excluding hydrogens is 328 g/mol. The molecule has 0 saturated heterocycles. The molecule has 0 unspecified atom stereocenters. The summed E-state index contributed by atoms with van der Waals surface area (Å²) in [7, 11) is 0. The molecule has 1 N–H and O–H groups in total. The smallest absolute Gasteiger partial charge is 0.144 e. The van der Waals surface area contributed by atoms with Gasteiger partial charge in [-0.25, -0.2) is 18.7 Å². The molecule has 0 radical (unpaired) electrons. The van der Waals surface area contributed by atoms with E-state index in [1.54, 1.807) is 0 Å². The predicted octanol–water partition coefficient (Wildman–Crippen LogP) is 3.85. The Morgan fingerprint density at radius 2 is 1.80 bits per heavy atom. The zero-order chi connectivity index (χ0) is 14.7. The van der Waals surface area contributed by atoms with Gasteiger partial charge < -0.3 is 5.32 Å². The van der Waals surface area contributed by atoms with Gasteiger partial charge in [-0.05, 0) is 47.5 Å². The average molecular weight is 342 g/mol. The van der Waals surface area contributed by atoms with Crippen molar-refractivity contribution in [2.24, 2.45) is 0 Å². The van der Waals surface area contributed by atoms with Crippen LogP contribution in [0.3, 0.4) is 0 Å². The zero-order valence-corrected chi connectivity index (χ0v) is 12.8. The molecule has 0 aliphatic carbocycles. The molecular formula is C14H14BrF2N3. The van der Waals surface area contributed by atoms with E-state index in [0.717, 1.165) is 22.8 Å². The molecule has 1 aromatic carbocycles. The van der Waals surface area contributed by atoms with Crippen LogP contribution in [0.1, 0.15) is 24.0 Å². The number of hydrogen-bond donors (Lipinski definition) is 1. The minimum atomic E-state index is -0.597. The molecule has 0 aliphatic heterocycles. The standard InChI is InChI=1S/C14H14BrF2N3/c1-3-18-14-13(15)8(2)19-12(20-14)6-9-4-10(16)7-11(17)5-9/h4-5,7H,3,6H2,1-2H3,(H,18,19,20). The second-order valence-electron chi connectivity index (χ2n) is 4.37. The number of hydrogen-bond acceptors (Lipinski definition) is 3. The maximum Gasteiger partial charge on any atom is 0.144 e. The quantitative estimate of drug-likeness (QED) is 0.917. The highest BCUT2D eigenvalue weighted by Crippen LogP contribution is 2.23. The number of aryl methyl sites for hydroxylation is 1. The highest BCUT2D eigenvalue weighted by Gasteiger charge is 2.10. The van der Waals surface area contributed by atoms with Crippen LogP contribution < -0.4 is 5.32 Å². The Morgan fingerprint density at radius 3 is 2.40 bits per heavy atom. The lowest BCUT2D eigenvalue weighted by Gasteiger charge is -2.10. The molecule has 2 rings (SSSR count). The van der Waals surface area contributed by atoms with Crippen LogP contribution in [0.4, 0.5) is 14.6 Å². The number of rotatable bonds is 4. The van der Waals surface area contributed by atoms with Crippen LogP contribution in [-0.2, 0) is 6.42 Å². The van der Waals surface area contributed by atoms with E-state index in [2.05, 4.69) is 31.2 Å². The van der Waals surface area contributed by atoms with Crippen molar-refractivity contribution in [1.29, 1.82) is 0 Å². The van der Waals surface area contributed by atoms with Gasteiger partial charge in [0.05, 0.1) is 10.2 Å². The third-order valence-electron chi connectivity index (χ3n) is 2.69. The summed E-state index contributed by atoms with van der Waals surface area (Å²) in [6.45, 7) is 4.54. The van der Waals surface area contributed by atoms with Crippen molar-refractivity contribution in [2.45, 2.75) is 20.3 Å². The van der Waals surface area contributed by atoms with E-state index in [9.17, 15) is 8.78 Å². The van der Waals surface area contributed by atoms with Crippen molar-refractivity contribution in [3.8, 4) is 0 Å². The van der Waals surface area contributed by atoms with Gasteiger partial charge in [-0.1, -0.05) is 0 Å². The average Bonchev–Trinajstić information content (AvgIpc) is 2.34. The van der Waals surface area contributed by atoms with E-state index < -0.39 is 11.6 Å². The molecule has 6 heteroatoms. The Labute approximate surface area is 124 Å². The second kappa shape index (κ2) is 6.26. The lowest BCUT2D eigenvalue weighted by atomic mass is 10.1. The summed E-state index contributed by atoms with van der Waals surface area (Å²) in [4.78, 5) is 8.69. The van der Waals surface area contributed by atoms with Crippen molar-refractivity contribution in [1.82, 2.24) is 9.97 Å². The molecule has 2 aromatic rings. The van der Waals surface area contributed by atoms with E-state index >= 15 is 0 Å². The summed E-state index contributed by atoms with van der Waals surface area (Å²) < 4.78 is 27.1. The SMILES string of the molecule is CCNc1nc(Cc2cc(F)cc(F)c2)nc(C)c1Br. The maximum absolute atomic E-state index is 13.2. The van der Waals surface area contributed by atoms with Crippen molar-refractivity contribution in [2.75, 3.05) is 11.9 Å². The summed E-state index contributed by atoms with van der Waals surface area (Å²) in [5, 5.41) is 3.12. The number of nitrogens with zero attached hydrogens (tertiary/aromatic N) is 2. The van der Waals surface area contributed by atoms with Gasteiger partial charge in [-0.3, -0.25) is 0 Å². The van der Waals surface area contributed by atoms with Gasteiger partial charge >= 0.3 is 0 Å². The van der Waals surface area contributed by atoms with Gasteiger partial charge in [0.1, 0.15) is 23.3 Å². The number of benzene rings is 1. The van der Waals surface area contributed by atoms with Crippen LogP contribution in [0, 0.1) is 18.6 Å². The summed E-state index contributed by atoms with van der Waals surface area (Å²) in [6, 6.07) is 3.43. The number of anilines is 1.